The standard InChI is InChI=1S/C23H25N7O3S/c1-28-19-5-3-4-6-20(19)30(23(28)32)22-27-17(14-34-22)21(31)26-16-11-24-8-7-18(16)29-10-9-25-15(12-29)13-33-2/h3-8,11,14-15,25H,9-10,12-13H2,1-2H3,(H,26,31)/t15-/m1/s1. The zero-order valence-electron chi connectivity index (χ0n) is 18.9. The molecule has 0 aliphatic carbocycles. The van der Waals surface area contributed by atoms with Crippen LogP contribution in [0.15, 0.2) is 52.9 Å². The molecule has 2 N–H and O–H groups in total. The van der Waals surface area contributed by atoms with E-state index in [4.69, 9.17) is 4.74 Å². The van der Waals surface area contributed by atoms with Gasteiger partial charge in [0.15, 0.2) is 5.13 Å². The number of methoxy groups -OCH3 is 1. The molecule has 0 radical (unpaired) electrons. The van der Waals surface area contributed by atoms with Gasteiger partial charge in [0, 0.05) is 51.4 Å². The molecule has 4 heterocycles. The first-order valence-electron chi connectivity index (χ1n) is 10.9. The number of amides is 1. The molecule has 1 fully saturated rings. The number of benzene rings is 1. The van der Waals surface area contributed by atoms with Gasteiger partial charge in [-0.2, -0.15) is 0 Å². The van der Waals surface area contributed by atoms with Crippen LogP contribution in [-0.2, 0) is 11.8 Å². The first-order chi connectivity index (χ1) is 16.6. The fraction of sp³-hybridized carbons (Fsp3) is 0.304. The molecule has 0 saturated carbocycles. The molecule has 1 amide bonds. The van der Waals surface area contributed by atoms with Crippen LogP contribution in [0.5, 0.6) is 0 Å². The molecule has 0 spiro atoms. The first kappa shape index (κ1) is 22.3. The summed E-state index contributed by atoms with van der Waals surface area (Å²) >= 11 is 1.25. The van der Waals surface area contributed by atoms with Gasteiger partial charge in [-0.1, -0.05) is 12.1 Å². The molecule has 34 heavy (non-hydrogen) atoms. The Labute approximate surface area is 199 Å². The Hall–Kier alpha value is -3.54. The number of imidazole rings is 1. The summed E-state index contributed by atoms with van der Waals surface area (Å²) in [5, 5.41) is 8.49. The highest BCUT2D eigenvalue weighted by atomic mass is 32.1. The number of ether oxygens (including phenoxy) is 1. The number of para-hydroxylation sites is 2. The molecule has 1 atom stereocenters. The van der Waals surface area contributed by atoms with E-state index < -0.39 is 0 Å². The number of pyridine rings is 1. The largest absolute Gasteiger partial charge is 0.383 e. The maximum absolute atomic E-state index is 13.1. The second-order valence-electron chi connectivity index (χ2n) is 8.08. The van der Waals surface area contributed by atoms with Gasteiger partial charge in [0.25, 0.3) is 5.91 Å². The third-order valence-corrected chi connectivity index (χ3v) is 6.71. The molecule has 1 aromatic carbocycles. The summed E-state index contributed by atoms with van der Waals surface area (Å²) in [4.78, 5) is 36.8. The molecule has 176 valence electrons. The van der Waals surface area contributed by atoms with Crippen LogP contribution >= 0.6 is 11.3 Å². The van der Waals surface area contributed by atoms with Gasteiger partial charge in [-0.05, 0) is 18.2 Å². The number of carbonyl (C=O) groups is 1. The molecule has 3 aromatic heterocycles. The van der Waals surface area contributed by atoms with Crippen LogP contribution in [0.25, 0.3) is 16.2 Å². The Morgan fingerprint density at radius 1 is 1.29 bits per heavy atom. The number of aromatic nitrogens is 4. The molecule has 1 saturated heterocycles. The topological polar surface area (TPSA) is 106 Å². The molecular weight excluding hydrogens is 454 g/mol. The zero-order chi connectivity index (χ0) is 23.7. The minimum absolute atomic E-state index is 0.204. The second kappa shape index (κ2) is 9.37. The zero-order valence-corrected chi connectivity index (χ0v) is 19.7. The van der Waals surface area contributed by atoms with E-state index in [9.17, 15) is 9.59 Å². The van der Waals surface area contributed by atoms with Gasteiger partial charge in [0.1, 0.15) is 5.69 Å². The average Bonchev–Trinajstić information content (AvgIpc) is 3.43. The number of hydrogen-bond donors (Lipinski definition) is 2. The van der Waals surface area contributed by atoms with Crippen LogP contribution in [0.4, 0.5) is 11.4 Å². The third-order valence-electron chi connectivity index (χ3n) is 5.89. The fourth-order valence-corrected chi connectivity index (χ4v) is 5.06. The number of anilines is 2. The lowest BCUT2D eigenvalue weighted by atomic mass is 10.2. The Morgan fingerprint density at radius 2 is 2.12 bits per heavy atom. The number of piperazine rings is 1. The van der Waals surface area contributed by atoms with Crippen LogP contribution in [0, 0.1) is 0 Å². The van der Waals surface area contributed by atoms with Crippen LogP contribution < -0.4 is 21.2 Å². The van der Waals surface area contributed by atoms with E-state index in [2.05, 4.69) is 25.5 Å². The van der Waals surface area contributed by atoms with Crippen LogP contribution in [-0.4, -0.2) is 64.4 Å². The van der Waals surface area contributed by atoms with E-state index in [0.717, 1.165) is 36.4 Å². The van der Waals surface area contributed by atoms with E-state index >= 15 is 0 Å². The van der Waals surface area contributed by atoms with Crippen LogP contribution in [0.2, 0.25) is 0 Å². The Morgan fingerprint density at radius 3 is 2.94 bits per heavy atom. The van der Waals surface area contributed by atoms with Gasteiger partial charge < -0.3 is 20.3 Å². The number of carbonyl (C=O) groups excluding carboxylic acids is 1. The summed E-state index contributed by atoms with van der Waals surface area (Å²) in [5.41, 5.74) is 3.09. The summed E-state index contributed by atoms with van der Waals surface area (Å²) in [6.45, 7) is 2.99. The highest BCUT2D eigenvalue weighted by Crippen LogP contribution is 2.27. The quantitative estimate of drug-likeness (QED) is 0.435. The summed E-state index contributed by atoms with van der Waals surface area (Å²) in [7, 11) is 3.41. The minimum atomic E-state index is -0.353. The van der Waals surface area contributed by atoms with Crippen LogP contribution in [0.1, 0.15) is 10.5 Å². The summed E-state index contributed by atoms with van der Waals surface area (Å²) in [6.07, 6.45) is 3.36. The second-order valence-corrected chi connectivity index (χ2v) is 8.92. The van der Waals surface area contributed by atoms with Gasteiger partial charge in [-0.3, -0.25) is 14.3 Å². The molecule has 0 unspecified atom stereocenters. The monoisotopic (exact) mass is 479 g/mol. The SMILES string of the molecule is COC[C@H]1CN(c2ccncc2NC(=O)c2csc(-n3c(=O)n(C)c4ccccc43)n2)CCN1. The number of rotatable bonds is 6. The van der Waals surface area contributed by atoms with E-state index in [1.807, 2.05) is 30.3 Å². The number of nitrogens with zero attached hydrogens (tertiary/aromatic N) is 5. The number of thiazole rings is 1. The first-order valence-corrected chi connectivity index (χ1v) is 11.8. The molecule has 1 aliphatic rings. The summed E-state index contributed by atoms with van der Waals surface area (Å²) < 4.78 is 8.39. The van der Waals surface area contributed by atoms with Crippen molar-refractivity contribution in [1.29, 1.82) is 0 Å². The Kier molecular flexibility index (Phi) is 6.14. The van der Waals surface area contributed by atoms with E-state index in [1.165, 1.54) is 15.9 Å². The maximum atomic E-state index is 13.1. The molecule has 1 aliphatic heterocycles. The van der Waals surface area contributed by atoms with Gasteiger partial charge >= 0.3 is 5.69 Å². The fourth-order valence-electron chi connectivity index (χ4n) is 4.25. The van der Waals surface area contributed by atoms with Crippen molar-refractivity contribution in [1.82, 2.24) is 24.4 Å². The highest BCUT2D eigenvalue weighted by Gasteiger charge is 2.23. The molecule has 11 heteroatoms. The van der Waals surface area contributed by atoms with Crippen molar-refractivity contribution < 1.29 is 9.53 Å². The third kappa shape index (κ3) is 4.09. The van der Waals surface area contributed by atoms with Crippen molar-refractivity contribution in [3.63, 3.8) is 0 Å². The lowest BCUT2D eigenvalue weighted by Crippen LogP contribution is -2.52. The highest BCUT2D eigenvalue weighted by molar-refractivity contribution is 7.12. The van der Waals surface area contributed by atoms with Crippen molar-refractivity contribution >= 4 is 39.7 Å². The van der Waals surface area contributed by atoms with E-state index in [-0.39, 0.29) is 23.3 Å². The summed E-state index contributed by atoms with van der Waals surface area (Å²) in [6, 6.07) is 9.60. The van der Waals surface area contributed by atoms with E-state index in [1.54, 1.807) is 36.5 Å². The van der Waals surface area contributed by atoms with Gasteiger partial charge in [-0.25, -0.2) is 14.3 Å². The molecule has 0 bridgehead atoms. The maximum Gasteiger partial charge on any atom is 0.335 e. The van der Waals surface area contributed by atoms with E-state index in [0.29, 0.717) is 17.4 Å². The lowest BCUT2D eigenvalue weighted by molar-refractivity contribution is 0.102. The van der Waals surface area contributed by atoms with Crippen LogP contribution in [0.3, 0.4) is 0 Å². The van der Waals surface area contributed by atoms with Crippen molar-refractivity contribution in [2.75, 3.05) is 43.6 Å². The van der Waals surface area contributed by atoms with Crippen molar-refractivity contribution in [3.05, 3.63) is 64.3 Å². The van der Waals surface area contributed by atoms with Crippen molar-refractivity contribution in [3.8, 4) is 5.13 Å². The smallest absolute Gasteiger partial charge is 0.335 e. The van der Waals surface area contributed by atoms with Gasteiger partial charge in [0.2, 0.25) is 0 Å². The molecule has 10 nitrogen and oxygen atoms in total. The normalized spacial score (nSPS) is 16.2. The molecular formula is C23H25N7O3S. The number of nitrogens with one attached hydrogen (secondary N) is 2. The van der Waals surface area contributed by atoms with Crippen molar-refractivity contribution in [2.24, 2.45) is 7.05 Å². The van der Waals surface area contributed by atoms with Crippen molar-refractivity contribution in [2.45, 2.75) is 6.04 Å². The predicted molar refractivity (Wildman–Crippen MR) is 132 cm³/mol. The number of hydrogen-bond acceptors (Lipinski definition) is 8. The molecule has 5 rings (SSSR count). The molecule has 4 aromatic rings. The number of aryl methyl sites for hydroxylation is 1. The summed E-state index contributed by atoms with van der Waals surface area (Å²) in [5.74, 6) is -0.353. The number of fused-ring (bicyclic) bond motifs is 1. The average molecular weight is 480 g/mol. The van der Waals surface area contributed by atoms with Gasteiger partial charge in [0.05, 0.1) is 35.2 Å². The minimum Gasteiger partial charge on any atom is -0.383 e. The Balaban J connectivity index is 1.40. The lowest BCUT2D eigenvalue weighted by Gasteiger charge is -2.35. The van der Waals surface area contributed by atoms with Gasteiger partial charge in [-0.15, -0.1) is 11.3 Å². The predicted octanol–water partition coefficient (Wildman–Crippen LogP) is 1.86. The Bertz CT molecular complexity index is 1390.